The summed E-state index contributed by atoms with van der Waals surface area (Å²) in [5.41, 5.74) is 1.10. The Morgan fingerprint density at radius 3 is 2.17 bits per heavy atom. The molecule has 0 aliphatic carbocycles. The van der Waals surface area contributed by atoms with Crippen LogP contribution in [0.2, 0.25) is 0 Å². The molecule has 1 amide bonds. The fourth-order valence-corrected chi connectivity index (χ4v) is 3.47. The van der Waals surface area contributed by atoms with Crippen LogP contribution in [0.25, 0.3) is 0 Å². The highest BCUT2D eigenvalue weighted by atomic mass is 32.2. The Balaban J connectivity index is 2.40. The molecule has 0 spiro atoms. The quantitative estimate of drug-likeness (QED) is 0.527. The molecule has 1 unspecified atom stereocenters. The topological polar surface area (TPSA) is 82.1 Å². The van der Waals surface area contributed by atoms with E-state index in [1.165, 1.54) is 21.1 Å². The van der Waals surface area contributed by atoms with Gasteiger partial charge in [0.1, 0.15) is 22.8 Å². The van der Waals surface area contributed by atoms with Gasteiger partial charge in [0.05, 0.1) is 20.0 Å². The molecule has 0 aliphatic heterocycles. The Morgan fingerprint density at radius 1 is 1.03 bits per heavy atom. The molecule has 0 bridgehead atoms. The highest BCUT2D eigenvalue weighted by Crippen LogP contribution is 2.31. The summed E-state index contributed by atoms with van der Waals surface area (Å²) in [4.78, 5) is 15.2. The summed E-state index contributed by atoms with van der Waals surface area (Å²) < 4.78 is 39.4. The summed E-state index contributed by atoms with van der Waals surface area (Å²) in [5.74, 6) is 0.729. The monoisotopic (exact) mass is 435 g/mol. The molecule has 2 aromatic rings. The van der Waals surface area contributed by atoms with Gasteiger partial charge in [0, 0.05) is 12.6 Å². The van der Waals surface area contributed by atoms with Crippen molar-refractivity contribution in [2.75, 3.05) is 20.0 Å². The summed E-state index contributed by atoms with van der Waals surface area (Å²) in [6, 6.07) is 11.9. The molecule has 0 aromatic heterocycles. The molecule has 30 heavy (non-hydrogen) atoms. The van der Waals surface area contributed by atoms with Gasteiger partial charge < -0.3 is 18.6 Å². The molecular weight excluding hydrogens is 406 g/mol. The van der Waals surface area contributed by atoms with E-state index in [2.05, 4.69) is 0 Å². The minimum absolute atomic E-state index is 0.0731. The van der Waals surface area contributed by atoms with Crippen LogP contribution in [0.1, 0.15) is 43.1 Å². The fraction of sp³-hybridized carbons (Fsp3) is 0.409. The van der Waals surface area contributed by atoms with Gasteiger partial charge in [-0.15, -0.1) is 0 Å². The van der Waals surface area contributed by atoms with E-state index in [-0.39, 0.29) is 30.0 Å². The standard InChI is InChI=1S/C22H29NO6S/c1-6-16(3)23(22(24)21-19(27-4)12-9-13-20(21)28-5)15-17-10-8-11-18(14-17)29-30(25,26)7-2/h8-14,16H,6-7,15H2,1-5H3. The zero-order valence-electron chi connectivity index (χ0n) is 18.0. The normalized spacial score (nSPS) is 12.2. The van der Waals surface area contributed by atoms with E-state index in [4.69, 9.17) is 13.7 Å². The van der Waals surface area contributed by atoms with Crippen LogP contribution in [0, 0.1) is 0 Å². The van der Waals surface area contributed by atoms with Gasteiger partial charge in [-0.25, -0.2) is 0 Å². The lowest BCUT2D eigenvalue weighted by Crippen LogP contribution is -2.38. The summed E-state index contributed by atoms with van der Waals surface area (Å²) >= 11 is 0. The Kier molecular flexibility index (Phi) is 8.11. The van der Waals surface area contributed by atoms with Crippen LogP contribution >= 0.6 is 0 Å². The lowest BCUT2D eigenvalue weighted by atomic mass is 10.1. The van der Waals surface area contributed by atoms with Crippen molar-refractivity contribution in [1.82, 2.24) is 4.90 Å². The first-order valence-corrected chi connectivity index (χ1v) is 11.4. The van der Waals surface area contributed by atoms with Gasteiger partial charge in [0.25, 0.3) is 5.91 Å². The Bertz CT molecular complexity index is 951. The molecule has 2 aromatic carbocycles. The highest BCUT2D eigenvalue weighted by molar-refractivity contribution is 7.87. The van der Waals surface area contributed by atoms with Crippen LogP contribution < -0.4 is 13.7 Å². The van der Waals surface area contributed by atoms with Crippen molar-refractivity contribution in [1.29, 1.82) is 0 Å². The molecule has 8 heteroatoms. The molecule has 0 saturated carbocycles. The molecule has 1 atom stereocenters. The molecular formula is C22H29NO6S. The highest BCUT2D eigenvalue weighted by Gasteiger charge is 2.27. The third-order valence-corrected chi connectivity index (χ3v) is 6.01. The summed E-state index contributed by atoms with van der Waals surface area (Å²) in [6.45, 7) is 5.75. The molecule has 7 nitrogen and oxygen atoms in total. The second-order valence-corrected chi connectivity index (χ2v) is 8.66. The van der Waals surface area contributed by atoms with Crippen LogP contribution in [0.4, 0.5) is 0 Å². The molecule has 2 rings (SSSR count). The maximum absolute atomic E-state index is 13.5. The van der Waals surface area contributed by atoms with Crippen LogP contribution in [0.15, 0.2) is 42.5 Å². The van der Waals surface area contributed by atoms with Crippen molar-refractivity contribution in [2.24, 2.45) is 0 Å². The smallest absolute Gasteiger partial charge is 0.308 e. The first-order chi connectivity index (χ1) is 14.3. The Hall–Kier alpha value is -2.74. The minimum Gasteiger partial charge on any atom is -0.496 e. The first kappa shape index (κ1) is 23.5. The third kappa shape index (κ3) is 5.66. The van der Waals surface area contributed by atoms with Crippen molar-refractivity contribution in [2.45, 2.75) is 39.8 Å². The Morgan fingerprint density at radius 2 is 1.63 bits per heavy atom. The molecule has 164 valence electrons. The zero-order valence-corrected chi connectivity index (χ0v) is 18.9. The minimum atomic E-state index is -3.63. The van der Waals surface area contributed by atoms with Crippen molar-refractivity contribution < 1.29 is 26.9 Å². The second-order valence-electron chi connectivity index (χ2n) is 6.80. The number of hydrogen-bond acceptors (Lipinski definition) is 6. The number of hydrogen-bond donors (Lipinski definition) is 0. The van der Waals surface area contributed by atoms with E-state index in [1.807, 2.05) is 19.9 Å². The van der Waals surface area contributed by atoms with Crippen molar-refractivity contribution in [3.05, 3.63) is 53.6 Å². The molecule has 0 heterocycles. The number of methoxy groups -OCH3 is 2. The summed E-state index contributed by atoms with van der Waals surface area (Å²) in [6.07, 6.45) is 0.740. The van der Waals surface area contributed by atoms with Gasteiger partial charge in [-0.1, -0.05) is 25.1 Å². The second kappa shape index (κ2) is 10.3. The van der Waals surface area contributed by atoms with Crippen LogP contribution in [-0.4, -0.2) is 45.2 Å². The van der Waals surface area contributed by atoms with E-state index >= 15 is 0 Å². The van der Waals surface area contributed by atoms with Crippen LogP contribution in [0.5, 0.6) is 17.2 Å². The average Bonchev–Trinajstić information content (AvgIpc) is 2.75. The lowest BCUT2D eigenvalue weighted by Gasteiger charge is -2.30. The number of carbonyl (C=O) groups excluding carboxylic acids is 1. The van der Waals surface area contributed by atoms with Crippen LogP contribution in [-0.2, 0) is 16.7 Å². The van der Waals surface area contributed by atoms with E-state index in [0.717, 1.165) is 12.0 Å². The predicted octanol–water partition coefficient (Wildman–Crippen LogP) is 3.87. The maximum Gasteiger partial charge on any atom is 0.308 e. The number of ether oxygens (including phenoxy) is 2. The van der Waals surface area contributed by atoms with Gasteiger partial charge in [0.15, 0.2) is 0 Å². The van der Waals surface area contributed by atoms with Crippen molar-refractivity contribution in [3.63, 3.8) is 0 Å². The molecule has 0 radical (unpaired) electrons. The predicted molar refractivity (Wildman–Crippen MR) is 116 cm³/mol. The average molecular weight is 436 g/mol. The van der Waals surface area contributed by atoms with Gasteiger partial charge in [-0.05, 0) is 50.1 Å². The van der Waals surface area contributed by atoms with E-state index in [1.54, 1.807) is 41.3 Å². The largest absolute Gasteiger partial charge is 0.496 e. The maximum atomic E-state index is 13.5. The molecule has 0 aliphatic rings. The lowest BCUT2D eigenvalue weighted by molar-refractivity contribution is 0.0664. The number of benzene rings is 2. The molecule has 0 fully saturated rings. The number of nitrogens with zero attached hydrogens (tertiary/aromatic N) is 1. The van der Waals surface area contributed by atoms with Gasteiger partial charge in [-0.3, -0.25) is 4.79 Å². The van der Waals surface area contributed by atoms with E-state index in [0.29, 0.717) is 17.1 Å². The number of amides is 1. The third-order valence-electron chi connectivity index (χ3n) is 4.85. The van der Waals surface area contributed by atoms with Gasteiger partial charge >= 0.3 is 10.1 Å². The van der Waals surface area contributed by atoms with Crippen LogP contribution in [0.3, 0.4) is 0 Å². The summed E-state index contributed by atoms with van der Waals surface area (Å²) in [5, 5.41) is 0. The van der Waals surface area contributed by atoms with Gasteiger partial charge in [0.2, 0.25) is 0 Å². The SMILES string of the molecule is CCC(C)N(Cc1cccc(OS(=O)(=O)CC)c1)C(=O)c1c(OC)cccc1OC. The first-order valence-electron chi connectivity index (χ1n) is 9.79. The number of rotatable bonds is 10. The summed E-state index contributed by atoms with van der Waals surface area (Å²) in [7, 11) is -0.614. The molecule has 0 saturated heterocycles. The van der Waals surface area contributed by atoms with E-state index in [9.17, 15) is 13.2 Å². The number of carbonyl (C=O) groups is 1. The Labute approximate surface area is 178 Å². The van der Waals surface area contributed by atoms with Crippen molar-refractivity contribution in [3.8, 4) is 17.2 Å². The van der Waals surface area contributed by atoms with Crippen molar-refractivity contribution >= 4 is 16.0 Å². The van der Waals surface area contributed by atoms with E-state index < -0.39 is 10.1 Å². The fourth-order valence-electron chi connectivity index (χ4n) is 2.95. The zero-order chi connectivity index (χ0) is 22.3. The molecule has 0 N–H and O–H groups in total. The van der Waals surface area contributed by atoms with Gasteiger partial charge in [-0.2, -0.15) is 8.42 Å².